The predicted octanol–water partition coefficient (Wildman–Crippen LogP) is 5.32. The fraction of sp³-hybridized carbons (Fsp3) is 0.289. The molecule has 4 heterocycles. The first-order valence-corrected chi connectivity index (χ1v) is 16.3. The zero-order valence-electron chi connectivity index (χ0n) is 27.0. The molecule has 48 heavy (non-hydrogen) atoms. The number of nitrogens with two attached hydrogens (primary N) is 1. The van der Waals surface area contributed by atoms with E-state index in [9.17, 15) is 4.79 Å². The number of allylic oxidation sites excluding steroid dienone is 1. The summed E-state index contributed by atoms with van der Waals surface area (Å²) in [5.74, 6) is 2.84. The minimum Gasteiger partial charge on any atom is -0.493 e. The first kappa shape index (κ1) is 29.9. The van der Waals surface area contributed by atoms with Crippen LogP contribution >= 0.6 is 0 Å². The van der Waals surface area contributed by atoms with Crippen molar-refractivity contribution in [3.8, 4) is 23.0 Å². The van der Waals surface area contributed by atoms with E-state index >= 15 is 0 Å². The van der Waals surface area contributed by atoms with Crippen LogP contribution in [0.25, 0.3) is 11.8 Å². The summed E-state index contributed by atoms with van der Waals surface area (Å²) in [5, 5.41) is 1.73. The smallest absolute Gasteiger partial charge is 0.260 e. The third-order valence-corrected chi connectivity index (χ3v) is 9.37. The van der Waals surface area contributed by atoms with E-state index in [1.54, 1.807) is 26.4 Å². The number of fused-ring (bicyclic) bond motifs is 4. The molecule has 0 saturated heterocycles. The maximum absolute atomic E-state index is 13.5. The molecule has 1 amide bonds. The Bertz CT molecular complexity index is 2040. The highest BCUT2D eigenvalue weighted by molar-refractivity contribution is 6.04. The Morgan fingerprint density at radius 3 is 2.40 bits per heavy atom. The van der Waals surface area contributed by atoms with Crippen molar-refractivity contribution in [1.82, 2.24) is 9.80 Å². The summed E-state index contributed by atoms with van der Waals surface area (Å²) in [6.45, 7) is 0.778. The molecule has 10 nitrogen and oxygen atoms in total. The number of aliphatic imine (C=N–C) groups is 1. The van der Waals surface area contributed by atoms with Crippen LogP contribution in [0, 0.1) is 5.92 Å². The normalized spacial score (nSPS) is 18.9. The molecule has 1 aliphatic carbocycles. The molecule has 1 atom stereocenters. The van der Waals surface area contributed by atoms with Gasteiger partial charge in [0, 0.05) is 72.6 Å². The molecule has 0 spiro atoms. The number of nitrogen functional groups attached to an aromatic ring is 1. The standard InChI is InChI=1S/C38H37N5O5/c1-45-34-14-27-21-42-20-25(24-6-8-28(39)9-7-24)12-29(42)18-40-32(27)16-36(34)47-10-3-11-48-37-17-33-31(15-35(37)46-2)38(44)43-22-26(23-4-5-23)13-30(43)19-41-33/h6-9,14-23,30H,3-5,10-13,39H2,1-2H3/t30-/m0/s1. The Morgan fingerprint density at radius 1 is 0.896 bits per heavy atom. The van der Waals surface area contributed by atoms with Crippen LogP contribution in [0.4, 0.5) is 11.4 Å². The topological polar surface area (TPSA) is 111 Å². The molecule has 3 aromatic carbocycles. The van der Waals surface area contributed by atoms with Gasteiger partial charge in [0.1, 0.15) is 0 Å². The fourth-order valence-electron chi connectivity index (χ4n) is 6.59. The van der Waals surface area contributed by atoms with E-state index in [-0.39, 0.29) is 11.9 Å². The van der Waals surface area contributed by atoms with Gasteiger partial charge in [-0.1, -0.05) is 12.1 Å². The zero-order chi connectivity index (χ0) is 32.8. The molecule has 8 rings (SSSR count). The number of benzene rings is 3. The van der Waals surface area contributed by atoms with Crippen LogP contribution in [0.3, 0.4) is 0 Å². The van der Waals surface area contributed by atoms with Crippen molar-refractivity contribution in [2.75, 3.05) is 33.2 Å². The quantitative estimate of drug-likeness (QED) is 0.235. The van der Waals surface area contributed by atoms with E-state index in [1.165, 1.54) is 24.0 Å². The van der Waals surface area contributed by atoms with Crippen LogP contribution < -0.4 is 35.3 Å². The average Bonchev–Trinajstić information content (AvgIpc) is 3.81. The lowest BCUT2D eigenvalue weighted by Gasteiger charge is -2.19. The van der Waals surface area contributed by atoms with Gasteiger partial charge in [0.15, 0.2) is 23.0 Å². The minimum absolute atomic E-state index is 0.0394. The average molecular weight is 644 g/mol. The van der Waals surface area contributed by atoms with Crippen LogP contribution in [-0.2, 0) is 0 Å². The molecular formula is C38H37N5O5. The molecule has 0 unspecified atom stereocenters. The molecule has 1 fully saturated rings. The van der Waals surface area contributed by atoms with E-state index in [2.05, 4.69) is 17.3 Å². The van der Waals surface area contributed by atoms with Gasteiger partial charge < -0.3 is 34.5 Å². The van der Waals surface area contributed by atoms with Crippen LogP contribution in [0.2, 0.25) is 0 Å². The zero-order valence-corrected chi connectivity index (χ0v) is 27.0. The third-order valence-electron chi connectivity index (χ3n) is 9.37. The Kier molecular flexibility index (Phi) is 7.63. The second-order valence-corrected chi connectivity index (χ2v) is 12.6. The summed E-state index contributed by atoms with van der Waals surface area (Å²) < 4.78 is 23.6. The fourth-order valence-corrected chi connectivity index (χ4v) is 6.59. The Morgan fingerprint density at radius 2 is 1.65 bits per heavy atom. The van der Waals surface area contributed by atoms with E-state index in [0.717, 1.165) is 40.4 Å². The number of methoxy groups -OCH3 is 2. The molecule has 4 aliphatic heterocycles. The number of ether oxygens (including phenoxy) is 4. The van der Waals surface area contributed by atoms with Gasteiger partial charge in [-0.2, -0.15) is 0 Å². The molecule has 3 aromatic rings. The van der Waals surface area contributed by atoms with Gasteiger partial charge in [-0.25, -0.2) is 0 Å². The predicted molar refractivity (Wildman–Crippen MR) is 184 cm³/mol. The van der Waals surface area contributed by atoms with Gasteiger partial charge in [-0.3, -0.25) is 14.8 Å². The molecule has 0 bridgehead atoms. The molecule has 1 saturated carbocycles. The maximum atomic E-state index is 13.5. The highest BCUT2D eigenvalue weighted by atomic mass is 16.5. The van der Waals surface area contributed by atoms with Crippen LogP contribution in [0.1, 0.15) is 48.0 Å². The Balaban J connectivity index is 0.923. The molecular weight excluding hydrogens is 606 g/mol. The van der Waals surface area contributed by atoms with Gasteiger partial charge in [-0.15, -0.1) is 0 Å². The molecule has 0 aromatic heterocycles. The van der Waals surface area contributed by atoms with E-state index < -0.39 is 0 Å². The van der Waals surface area contributed by atoms with Crippen molar-refractivity contribution in [2.24, 2.45) is 15.9 Å². The monoisotopic (exact) mass is 643 g/mol. The lowest BCUT2D eigenvalue weighted by atomic mass is 10.0. The number of rotatable bonds is 10. The number of amides is 1. The summed E-state index contributed by atoms with van der Waals surface area (Å²) in [7, 11) is 3.21. The number of anilines is 1. The van der Waals surface area contributed by atoms with Crippen molar-refractivity contribution < 1.29 is 23.7 Å². The van der Waals surface area contributed by atoms with E-state index in [0.29, 0.717) is 59.8 Å². The lowest BCUT2D eigenvalue weighted by Crippen LogP contribution is -2.32. The largest absolute Gasteiger partial charge is 0.493 e. The van der Waals surface area contributed by atoms with Crippen LogP contribution in [-0.4, -0.2) is 55.4 Å². The summed E-state index contributed by atoms with van der Waals surface area (Å²) in [5.41, 5.74) is 12.5. The van der Waals surface area contributed by atoms with Gasteiger partial charge in [-0.05, 0) is 66.2 Å². The van der Waals surface area contributed by atoms with Crippen molar-refractivity contribution in [3.05, 3.63) is 100 Å². The van der Waals surface area contributed by atoms with Gasteiger partial charge >= 0.3 is 0 Å². The van der Waals surface area contributed by atoms with Crippen molar-refractivity contribution >= 4 is 35.3 Å². The van der Waals surface area contributed by atoms with Crippen molar-refractivity contribution in [1.29, 1.82) is 0 Å². The lowest BCUT2D eigenvalue weighted by molar-refractivity contribution is 0.0817. The third kappa shape index (κ3) is 5.67. The highest BCUT2D eigenvalue weighted by Crippen LogP contribution is 2.44. The minimum atomic E-state index is -0.0589. The van der Waals surface area contributed by atoms with E-state index in [1.807, 2.05) is 59.9 Å². The SMILES string of the molecule is COc1cc2c(cc1OCCCOc1cc3c(cc1OC)=CN1C=C(c4ccc(N)cc4)CC1=CN=3)N=C[C@@H]1CC(C3CC3)=CN1C2=O. The highest BCUT2D eigenvalue weighted by Gasteiger charge is 2.38. The number of carbonyl (C=O) groups excluding carboxylic acids is 1. The number of hydrogen-bond acceptors (Lipinski definition) is 9. The van der Waals surface area contributed by atoms with Gasteiger partial charge in [0.25, 0.3) is 5.91 Å². The molecule has 0 radical (unpaired) electrons. The molecule has 2 N–H and O–H groups in total. The Labute approximate surface area is 278 Å². The number of hydrogen-bond donors (Lipinski definition) is 1. The van der Waals surface area contributed by atoms with Gasteiger partial charge in [0.2, 0.25) is 0 Å². The Hall–Kier alpha value is -5.51. The molecule has 5 aliphatic rings. The van der Waals surface area contributed by atoms with Crippen molar-refractivity contribution in [3.63, 3.8) is 0 Å². The summed E-state index contributed by atoms with van der Waals surface area (Å²) in [6, 6.07) is 15.3. The summed E-state index contributed by atoms with van der Waals surface area (Å²) in [4.78, 5) is 26.9. The second kappa shape index (κ2) is 12.3. The van der Waals surface area contributed by atoms with Crippen molar-refractivity contribution in [2.45, 2.75) is 38.1 Å². The van der Waals surface area contributed by atoms with Crippen LogP contribution in [0.5, 0.6) is 23.0 Å². The maximum Gasteiger partial charge on any atom is 0.260 e. The summed E-state index contributed by atoms with van der Waals surface area (Å²) >= 11 is 0. The first-order chi connectivity index (χ1) is 23.5. The molecule has 244 valence electrons. The summed E-state index contributed by atoms with van der Waals surface area (Å²) in [6.07, 6.45) is 14.7. The number of nitrogens with zero attached hydrogens (tertiary/aromatic N) is 4. The van der Waals surface area contributed by atoms with Gasteiger partial charge in [0.05, 0.1) is 50.1 Å². The van der Waals surface area contributed by atoms with Crippen LogP contribution in [0.15, 0.2) is 88.4 Å². The number of carbonyl (C=O) groups is 1. The molecule has 10 heteroatoms. The van der Waals surface area contributed by atoms with E-state index in [4.69, 9.17) is 34.7 Å². The second-order valence-electron chi connectivity index (χ2n) is 12.6. The first-order valence-electron chi connectivity index (χ1n) is 16.3.